The Morgan fingerprint density at radius 3 is 2.59 bits per heavy atom. The minimum absolute atomic E-state index is 0.0975. The first kappa shape index (κ1) is 15.9. The van der Waals surface area contributed by atoms with E-state index >= 15 is 0 Å². The highest BCUT2D eigenvalue weighted by atomic mass is 16.8. The highest BCUT2D eigenvalue weighted by molar-refractivity contribution is 5.13. The lowest BCUT2D eigenvalue weighted by Gasteiger charge is -2.24. The van der Waals surface area contributed by atoms with Gasteiger partial charge in [-0.05, 0) is 32.3 Å². The fourth-order valence-electron chi connectivity index (χ4n) is 3.05. The molecule has 0 unspecified atom stereocenters. The first-order valence-corrected chi connectivity index (χ1v) is 7.86. The molecule has 0 amide bonds. The monoisotopic (exact) mass is 308 g/mol. The summed E-state index contributed by atoms with van der Waals surface area (Å²) < 4.78 is 23.8. The van der Waals surface area contributed by atoms with Crippen molar-refractivity contribution < 1.29 is 24.1 Å². The predicted octanol–water partition coefficient (Wildman–Crippen LogP) is 2.22. The molecule has 1 aromatic rings. The van der Waals surface area contributed by atoms with E-state index in [0.29, 0.717) is 13.0 Å². The highest BCUT2D eigenvalue weighted by Gasteiger charge is 2.55. The molecule has 3 rings (SSSR count). The predicted molar refractivity (Wildman–Crippen MR) is 80.0 cm³/mol. The Morgan fingerprint density at radius 2 is 1.86 bits per heavy atom. The molecule has 2 aliphatic heterocycles. The van der Waals surface area contributed by atoms with Crippen molar-refractivity contribution >= 4 is 0 Å². The van der Waals surface area contributed by atoms with Gasteiger partial charge in [0.2, 0.25) is 0 Å². The van der Waals surface area contributed by atoms with Crippen molar-refractivity contribution in [3.05, 3.63) is 35.9 Å². The van der Waals surface area contributed by atoms with Gasteiger partial charge in [0, 0.05) is 6.61 Å². The Morgan fingerprint density at radius 1 is 1.14 bits per heavy atom. The van der Waals surface area contributed by atoms with Gasteiger partial charge < -0.3 is 24.1 Å². The van der Waals surface area contributed by atoms with Crippen molar-refractivity contribution in [2.24, 2.45) is 0 Å². The van der Waals surface area contributed by atoms with Crippen LogP contribution in [0.25, 0.3) is 0 Å². The smallest absolute Gasteiger partial charge is 0.187 e. The fourth-order valence-corrected chi connectivity index (χ4v) is 3.05. The summed E-state index contributed by atoms with van der Waals surface area (Å²) in [5, 5.41) is 9.03. The van der Waals surface area contributed by atoms with Crippen molar-refractivity contribution in [1.29, 1.82) is 0 Å². The molecule has 5 heteroatoms. The van der Waals surface area contributed by atoms with Gasteiger partial charge in [-0.2, -0.15) is 0 Å². The molecule has 2 heterocycles. The highest BCUT2D eigenvalue weighted by Crippen LogP contribution is 2.40. The molecule has 2 fully saturated rings. The molecule has 1 N–H and O–H groups in total. The van der Waals surface area contributed by atoms with Crippen molar-refractivity contribution in [2.75, 3.05) is 6.61 Å². The van der Waals surface area contributed by atoms with Gasteiger partial charge in [0.1, 0.15) is 12.2 Å². The zero-order chi connectivity index (χ0) is 15.6. The third-order valence-electron chi connectivity index (χ3n) is 4.01. The van der Waals surface area contributed by atoms with Crippen LogP contribution in [0, 0.1) is 0 Å². The van der Waals surface area contributed by atoms with E-state index in [-0.39, 0.29) is 24.9 Å². The third kappa shape index (κ3) is 3.50. The fraction of sp³-hybridized carbons (Fsp3) is 0.647. The van der Waals surface area contributed by atoms with Crippen LogP contribution in [0.4, 0.5) is 0 Å². The van der Waals surface area contributed by atoms with Gasteiger partial charge in [0.05, 0.1) is 12.7 Å². The lowest BCUT2D eigenvalue weighted by molar-refractivity contribution is -0.237. The third-order valence-corrected chi connectivity index (χ3v) is 4.01. The molecule has 0 aliphatic carbocycles. The van der Waals surface area contributed by atoms with Gasteiger partial charge in [-0.1, -0.05) is 30.3 Å². The first-order chi connectivity index (χ1) is 10.6. The zero-order valence-corrected chi connectivity index (χ0v) is 13.1. The number of aliphatic hydroxyl groups excluding tert-OH is 1. The van der Waals surface area contributed by atoms with Crippen LogP contribution in [0.5, 0.6) is 0 Å². The largest absolute Gasteiger partial charge is 0.396 e. The molecule has 2 aliphatic rings. The summed E-state index contributed by atoms with van der Waals surface area (Å²) in [6.07, 6.45) is 0.533. The van der Waals surface area contributed by atoms with Crippen LogP contribution in [0.2, 0.25) is 0 Å². The second-order valence-corrected chi connectivity index (χ2v) is 6.27. The molecule has 1 aromatic carbocycles. The van der Waals surface area contributed by atoms with Crippen LogP contribution in [0.1, 0.15) is 32.3 Å². The van der Waals surface area contributed by atoms with E-state index in [9.17, 15) is 0 Å². The average molecular weight is 308 g/mol. The Bertz CT molecular complexity index is 475. The molecule has 22 heavy (non-hydrogen) atoms. The van der Waals surface area contributed by atoms with Crippen LogP contribution < -0.4 is 0 Å². The molecule has 0 spiro atoms. The van der Waals surface area contributed by atoms with Crippen molar-refractivity contribution in [3.8, 4) is 0 Å². The number of aliphatic hydroxyl groups is 1. The van der Waals surface area contributed by atoms with E-state index < -0.39 is 12.1 Å². The molecular formula is C17H24O5. The van der Waals surface area contributed by atoms with Gasteiger partial charge in [-0.15, -0.1) is 0 Å². The molecule has 4 atom stereocenters. The molecule has 122 valence electrons. The zero-order valence-electron chi connectivity index (χ0n) is 13.1. The summed E-state index contributed by atoms with van der Waals surface area (Å²) in [6, 6.07) is 9.99. The summed E-state index contributed by atoms with van der Waals surface area (Å²) in [5.74, 6) is -0.620. The Hall–Kier alpha value is -0.980. The van der Waals surface area contributed by atoms with Gasteiger partial charge in [-0.25, -0.2) is 0 Å². The van der Waals surface area contributed by atoms with Crippen molar-refractivity contribution in [1.82, 2.24) is 0 Å². The molecule has 0 saturated carbocycles. The summed E-state index contributed by atoms with van der Waals surface area (Å²) in [4.78, 5) is 0. The van der Waals surface area contributed by atoms with Crippen molar-refractivity contribution in [3.63, 3.8) is 0 Å². The first-order valence-electron chi connectivity index (χ1n) is 7.86. The maximum Gasteiger partial charge on any atom is 0.187 e. The molecular weight excluding hydrogens is 284 g/mol. The van der Waals surface area contributed by atoms with E-state index in [2.05, 4.69) is 0 Å². The van der Waals surface area contributed by atoms with Crippen LogP contribution in [-0.2, 0) is 25.6 Å². The number of hydrogen-bond acceptors (Lipinski definition) is 5. The van der Waals surface area contributed by atoms with Crippen molar-refractivity contribution in [2.45, 2.75) is 63.7 Å². The molecule has 5 nitrogen and oxygen atoms in total. The normalized spacial score (nSPS) is 33.0. The lowest BCUT2D eigenvalue weighted by Crippen LogP contribution is -2.31. The Balaban J connectivity index is 1.63. The second kappa shape index (κ2) is 6.64. The standard InChI is InChI=1S/C17H24O5/c1-17(2)21-14-13(9-6-10-18)20-16(15(14)22-17)19-11-12-7-4-3-5-8-12/h3-5,7-8,13-16,18H,6,9-11H2,1-2H3/t13-,14+,15+,16-/m0/s1. The van der Waals surface area contributed by atoms with Crippen LogP contribution >= 0.6 is 0 Å². The summed E-state index contributed by atoms with van der Waals surface area (Å²) in [6.45, 7) is 4.44. The number of benzene rings is 1. The maximum absolute atomic E-state index is 9.03. The summed E-state index contributed by atoms with van der Waals surface area (Å²) in [5.41, 5.74) is 1.10. The summed E-state index contributed by atoms with van der Waals surface area (Å²) in [7, 11) is 0. The van der Waals surface area contributed by atoms with Gasteiger partial charge in [0.15, 0.2) is 12.1 Å². The molecule has 0 aromatic heterocycles. The molecule has 0 radical (unpaired) electrons. The van der Waals surface area contributed by atoms with Crippen LogP contribution in [0.3, 0.4) is 0 Å². The van der Waals surface area contributed by atoms with Gasteiger partial charge in [-0.3, -0.25) is 0 Å². The van der Waals surface area contributed by atoms with Gasteiger partial charge >= 0.3 is 0 Å². The van der Waals surface area contributed by atoms with E-state index in [1.54, 1.807) is 0 Å². The summed E-state index contributed by atoms with van der Waals surface area (Å²) >= 11 is 0. The molecule has 0 bridgehead atoms. The number of ether oxygens (including phenoxy) is 4. The van der Waals surface area contributed by atoms with E-state index in [1.165, 1.54) is 0 Å². The van der Waals surface area contributed by atoms with Gasteiger partial charge in [0.25, 0.3) is 0 Å². The number of fused-ring (bicyclic) bond motifs is 1. The van der Waals surface area contributed by atoms with Crippen LogP contribution in [-0.4, -0.2) is 42.1 Å². The second-order valence-electron chi connectivity index (χ2n) is 6.27. The Labute approximate surface area is 131 Å². The lowest BCUT2D eigenvalue weighted by atomic mass is 10.1. The van der Waals surface area contributed by atoms with Crippen LogP contribution in [0.15, 0.2) is 30.3 Å². The number of hydrogen-bond donors (Lipinski definition) is 1. The Kier molecular flexibility index (Phi) is 4.80. The minimum atomic E-state index is -0.620. The van der Waals surface area contributed by atoms with E-state index in [0.717, 1.165) is 12.0 Å². The van der Waals surface area contributed by atoms with E-state index in [4.69, 9.17) is 24.1 Å². The number of rotatable bonds is 6. The minimum Gasteiger partial charge on any atom is -0.396 e. The topological polar surface area (TPSA) is 57.2 Å². The average Bonchev–Trinajstić information content (AvgIpc) is 2.98. The molecule has 2 saturated heterocycles. The maximum atomic E-state index is 9.03. The van der Waals surface area contributed by atoms with E-state index in [1.807, 2.05) is 44.2 Å². The SMILES string of the molecule is CC1(C)O[C@H]2[C@@H](OCc3ccccc3)O[C@@H](CCCO)[C@H]2O1. The quantitative estimate of drug-likeness (QED) is 0.873.